The molecule has 0 aromatic carbocycles. The van der Waals surface area contributed by atoms with Gasteiger partial charge in [0.25, 0.3) is 0 Å². The van der Waals surface area contributed by atoms with Crippen molar-refractivity contribution in [3.63, 3.8) is 0 Å². The Labute approximate surface area is 147 Å². The van der Waals surface area contributed by atoms with Crippen molar-refractivity contribution in [2.75, 3.05) is 40.0 Å². The monoisotopic (exact) mass is 359 g/mol. The van der Waals surface area contributed by atoms with E-state index in [2.05, 4.69) is 25.1 Å². The van der Waals surface area contributed by atoms with E-state index in [9.17, 15) is 9.59 Å². The van der Waals surface area contributed by atoms with Crippen LogP contribution in [0, 0.1) is 0 Å². The Hall–Kier alpha value is -2.52. The number of nitrogens with one attached hydrogen (secondary N) is 1. The third kappa shape index (κ3) is 13.6. The quantitative estimate of drug-likeness (QED) is 0.154. The maximum Gasteiger partial charge on any atom is 0.407 e. The van der Waals surface area contributed by atoms with Gasteiger partial charge in [-0.25, -0.2) is 9.59 Å². The van der Waals surface area contributed by atoms with Crippen molar-refractivity contribution in [3.05, 3.63) is 37.8 Å². The van der Waals surface area contributed by atoms with Crippen LogP contribution in [0.25, 0.3) is 0 Å². The molecule has 9 nitrogen and oxygen atoms in total. The van der Waals surface area contributed by atoms with Gasteiger partial charge in [-0.15, -0.1) is 0 Å². The van der Waals surface area contributed by atoms with E-state index in [1.807, 2.05) is 0 Å². The molecule has 1 N–H and O–H groups in total. The molecular weight excluding hydrogens is 334 g/mol. The Morgan fingerprint density at radius 2 is 1.64 bits per heavy atom. The van der Waals surface area contributed by atoms with E-state index in [0.717, 1.165) is 0 Å². The first-order chi connectivity index (χ1) is 12.0. The molecule has 9 heteroatoms. The highest BCUT2D eigenvalue weighted by atomic mass is 16.7. The highest BCUT2D eigenvalue weighted by Crippen LogP contribution is 1.98. The molecule has 0 aliphatic heterocycles. The SMILES string of the molecule is C=COCOCC(COCOC=C)OC(=O)NCCOC(=O)C(=C)C. The number of carbonyl (C=O) groups excluding carboxylic acids is 2. The van der Waals surface area contributed by atoms with Crippen LogP contribution in [0.5, 0.6) is 0 Å². The lowest BCUT2D eigenvalue weighted by Gasteiger charge is -2.18. The molecule has 0 fully saturated rings. The fourth-order valence-corrected chi connectivity index (χ4v) is 1.28. The second kappa shape index (κ2) is 15.0. The minimum atomic E-state index is -0.710. The summed E-state index contributed by atoms with van der Waals surface area (Å²) >= 11 is 0. The van der Waals surface area contributed by atoms with Gasteiger partial charge in [-0.2, -0.15) is 0 Å². The van der Waals surface area contributed by atoms with Crippen LogP contribution in [0.15, 0.2) is 37.8 Å². The van der Waals surface area contributed by atoms with E-state index >= 15 is 0 Å². The summed E-state index contributed by atoms with van der Waals surface area (Å²) in [6, 6.07) is 0. The lowest BCUT2D eigenvalue weighted by atomic mass is 10.4. The Kier molecular flexibility index (Phi) is 13.5. The molecule has 0 saturated carbocycles. The zero-order valence-corrected chi connectivity index (χ0v) is 14.4. The maximum atomic E-state index is 11.7. The summed E-state index contributed by atoms with van der Waals surface area (Å²) in [5.41, 5.74) is 0.278. The van der Waals surface area contributed by atoms with Gasteiger partial charge in [0.15, 0.2) is 19.7 Å². The standard InChI is InChI=1S/C16H25NO8/c1-5-20-11-22-9-14(10-23-12-21-6-2)25-16(19)17-7-8-24-15(18)13(3)4/h5-6,14H,1-3,7-12H2,4H3,(H,17,19). The van der Waals surface area contributed by atoms with Crippen molar-refractivity contribution in [2.24, 2.45) is 0 Å². The van der Waals surface area contributed by atoms with Gasteiger partial charge in [-0.1, -0.05) is 19.7 Å². The average Bonchev–Trinajstić information content (AvgIpc) is 2.58. The average molecular weight is 359 g/mol. The molecule has 1 amide bonds. The van der Waals surface area contributed by atoms with Gasteiger partial charge in [0.05, 0.1) is 32.3 Å². The van der Waals surface area contributed by atoms with E-state index in [4.69, 9.17) is 28.4 Å². The number of alkyl carbamates (subject to hydrolysis) is 1. The van der Waals surface area contributed by atoms with Crippen molar-refractivity contribution in [1.29, 1.82) is 0 Å². The van der Waals surface area contributed by atoms with E-state index in [-0.39, 0.29) is 45.5 Å². The first-order valence-corrected chi connectivity index (χ1v) is 7.38. The molecule has 0 rings (SSSR count). The summed E-state index contributed by atoms with van der Waals surface area (Å²) in [5.74, 6) is -0.528. The normalized spacial score (nSPS) is 9.84. The highest BCUT2D eigenvalue weighted by Gasteiger charge is 2.15. The first-order valence-electron chi connectivity index (χ1n) is 7.38. The van der Waals surface area contributed by atoms with Crippen LogP contribution in [0.1, 0.15) is 6.92 Å². The van der Waals surface area contributed by atoms with Crippen LogP contribution in [0.4, 0.5) is 4.79 Å². The molecule has 0 unspecified atom stereocenters. The molecule has 0 bridgehead atoms. The smallest absolute Gasteiger partial charge is 0.407 e. The largest absolute Gasteiger partial charge is 0.476 e. The van der Waals surface area contributed by atoms with Crippen molar-refractivity contribution in [1.82, 2.24) is 5.32 Å². The van der Waals surface area contributed by atoms with Gasteiger partial charge in [0.2, 0.25) is 0 Å². The second-order valence-corrected chi connectivity index (χ2v) is 4.51. The Bertz CT molecular complexity index is 422. The minimum Gasteiger partial charge on any atom is -0.476 e. The Balaban J connectivity index is 4.09. The van der Waals surface area contributed by atoms with Crippen molar-refractivity contribution in [2.45, 2.75) is 13.0 Å². The zero-order valence-electron chi connectivity index (χ0n) is 14.4. The Morgan fingerprint density at radius 3 is 2.12 bits per heavy atom. The van der Waals surface area contributed by atoms with Crippen LogP contribution in [-0.2, 0) is 33.2 Å². The van der Waals surface area contributed by atoms with E-state index < -0.39 is 18.2 Å². The molecule has 0 aromatic rings. The number of amides is 1. The number of hydrogen-bond acceptors (Lipinski definition) is 8. The third-order valence-electron chi connectivity index (χ3n) is 2.37. The maximum absolute atomic E-state index is 11.7. The number of carbonyl (C=O) groups is 2. The highest BCUT2D eigenvalue weighted by molar-refractivity contribution is 5.86. The molecule has 0 aromatic heterocycles. The van der Waals surface area contributed by atoms with Crippen LogP contribution < -0.4 is 5.32 Å². The lowest BCUT2D eigenvalue weighted by Crippen LogP contribution is -2.36. The zero-order chi connectivity index (χ0) is 18.9. The lowest BCUT2D eigenvalue weighted by molar-refractivity contribution is -0.138. The second-order valence-electron chi connectivity index (χ2n) is 4.51. The van der Waals surface area contributed by atoms with E-state index in [1.165, 1.54) is 19.4 Å². The summed E-state index contributed by atoms with van der Waals surface area (Å²) < 4.78 is 29.9. The van der Waals surface area contributed by atoms with Gasteiger partial charge in [-0.05, 0) is 6.92 Å². The predicted molar refractivity (Wildman–Crippen MR) is 88.2 cm³/mol. The Morgan fingerprint density at radius 1 is 1.08 bits per heavy atom. The molecule has 0 aliphatic carbocycles. The number of ether oxygens (including phenoxy) is 6. The van der Waals surface area contributed by atoms with Gasteiger partial charge in [0, 0.05) is 5.57 Å². The molecule has 0 radical (unpaired) electrons. The number of hydrogen-bond donors (Lipinski definition) is 1. The summed E-state index contributed by atoms with van der Waals surface area (Å²) in [5, 5.41) is 2.44. The summed E-state index contributed by atoms with van der Waals surface area (Å²) in [7, 11) is 0. The van der Waals surface area contributed by atoms with Crippen molar-refractivity contribution < 1.29 is 38.0 Å². The van der Waals surface area contributed by atoms with Gasteiger partial charge >= 0.3 is 12.1 Å². The van der Waals surface area contributed by atoms with Gasteiger partial charge < -0.3 is 33.7 Å². The summed E-state index contributed by atoms with van der Waals surface area (Å²) in [6.07, 6.45) is 1.05. The predicted octanol–water partition coefficient (Wildman–Crippen LogP) is 1.47. The fourth-order valence-electron chi connectivity index (χ4n) is 1.28. The summed E-state index contributed by atoms with van der Waals surface area (Å²) in [6.45, 7) is 11.8. The van der Waals surface area contributed by atoms with Crippen molar-refractivity contribution >= 4 is 12.1 Å². The van der Waals surface area contributed by atoms with Gasteiger partial charge in [0.1, 0.15) is 6.61 Å². The van der Waals surface area contributed by atoms with Crippen LogP contribution in [0.2, 0.25) is 0 Å². The molecule has 0 spiro atoms. The van der Waals surface area contributed by atoms with E-state index in [1.54, 1.807) is 0 Å². The van der Waals surface area contributed by atoms with Crippen LogP contribution >= 0.6 is 0 Å². The molecule has 0 aliphatic rings. The van der Waals surface area contributed by atoms with E-state index in [0.29, 0.717) is 0 Å². The molecule has 142 valence electrons. The number of esters is 1. The summed E-state index contributed by atoms with van der Waals surface area (Å²) in [4.78, 5) is 22.9. The van der Waals surface area contributed by atoms with Crippen LogP contribution in [-0.4, -0.2) is 58.1 Å². The molecule has 0 heterocycles. The molecule has 0 saturated heterocycles. The topological polar surface area (TPSA) is 102 Å². The molecular formula is C16H25NO8. The third-order valence-corrected chi connectivity index (χ3v) is 2.37. The number of rotatable bonds is 15. The fraction of sp³-hybridized carbons (Fsp3) is 0.500. The minimum absolute atomic E-state index is 0.00118. The first kappa shape index (κ1) is 22.5. The van der Waals surface area contributed by atoms with Gasteiger partial charge in [-0.3, -0.25) is 0 Å². The van der Waals surface area contributed by atoms with Crippen LogP contribution in [0.3, 0.4) is 0 Å². The molecule has 0 atom stereocenters. The molecule has 25 heavy (non-hydrogen) atoms. The van der Waals surface area contributed by atoms with Crippen molar-refractivity contribution in [3.8, 4) is 0 Å².